The monoisotopic (exact) mass is 432 g/mol. The molecule has 4 aromatic rings. The molecule has 0 bridgehead atoms. The lowest BCUT2D eigenvalue weighted by Crippen LogP contribution is -2.31. The fourth-order valence-electron chi connectivity index (χ4n) is 3.31. The molecule has 0 unspecified atom stereocenters. The number of hydrogen-bond acceptors (Lipinski definition) is 4. The lowest BCUT2D eigenvalue weighted by molar-refractivity contribution is 0.0951. The predicted octanol–water partition coefficient (Wildman–Crippen LogP) is 4.53. The van der Waals surface area contributed by atoms with Gasteiger partial charge < -0.3 is 10.2 Å². The molecular formula is C25H22F2N4O. The normalized spacial score (nSPS) is 11.2. The van der Waals surface area contributed by atoms with Crippen LogP contribution in [0, 0.1) is 11.6 Å². The summed E-state index contributed by atoms with van der Waals surface area (Å²) in [6.45, 7) is 1.26. The van der Waals surface area contributed by atoms with E-state index in [0.29, 0.717) is 45.7 Å². The second-order valence-corrected chi connectivity index (χ2v) is 7.70. The summed E-state index contributed by atoms with van der Waals surface area (Å²) < 4.78 is 26.9. The molecule has 1 aromatic heterocycles. The average molecular weight is 432 g/mol. The number of fused-ring (bicyclic) bond motifs is 1. The maximum Gasteiger partial charge on any atom is 0.251 e. The second kappa shape index (κ2) is 9.20. The Hall–Kier alpha value is -3.71. The van der Waals surface area contributed by atoms with Gasteiger partial charge in [-0.25, -0.2) is 18.7 Å². The summed E-state index contributed by atoms with van der Waals surface area (Å²) in [6.07, 6.45) is 0. The Labute approximate surface area is 184 Å². The van der Waals surface area contributed by atoms with Crippen molar-refractivity contribution in [3.05, 3.63) is 83.9 Å². The fourth-order valence-corrected chi connectivity index (χ4v) is 3.31. The third-order valence-corrected chi connectivity index (χ3v) is 5.01. The van der Waals surface area contributed by atoms with E-state index < -0.39 is 0 Å². The summed E-state index contributed by atoms with van der Waals surface area (Å²) in [4.78, 5) is 24.0. The number of amides is 1. The minimum absolute atomic E-state index is 0.193. The van der Waals surface area contributed by atoms with E-state index in [-0.39, 0.29) is 17.5 Å². The van der Waals surface area contributed by atoms with Crippen LogP contribution in [0.4, 0.5) is 8.78 Å². The van der Waals surface area contributed by atoms with Gasteiger partial charge in [0.05, 0.1) is 22.4 Å². The molecule has 0 aliphatic heterocycles. The van der Waals surface area contributed by atoms with Crippen molar-refractivity contribution >= 4 is 16.9 Å². The highest BCUT2D eigenvalue weighted by Gasteiger charge is 2.15. The Balaban J connectivity index is 1.79. The lowest BCUT2D eigenvalue weighted by Gasteiger charge is -2.12. The molecule has 0 radical (unpaired) electrons. The summed E-state index contributed by atoms with van der Waals surface area (Å²) in [5.74, 6) is -0.903. The van der Waals surface area contributed by atoms with Crippen molar-refractivity contribution < 1.29 is 13.6 Å². The Morgan fingerprint density at radius 3 is 1.88 bits per heavy atom. The SMILES string of the molecule is CN(C)CCNC(=O)c1ccc2nc(-c3ccc(F)cc3)c(-c3ccc(F)cc3)nc2c1. The zero-order valence-corrected chi connectivity index (χ0v) is 17.8. The van der Waals surface area contributed by atoms with Gasteiger partial charge in [0.2, 0.25) is 0 Å². The number of hydrogen-bond donors (Lipinski definition) is 1. The van der Waals surface area contributed by atoms with Crippen LogP contribution in [0.15, 0.2) is 66.7 Å². The number of carbonyl (C=O) groups is 1. The van der Waals surface area contributed by atoms with Gasteiger partial charge in [-0.05, 0) is 80.8 Å². The number of carbonyl (C=O) groups excluding carboxylic acids is 1. The molecular weight excluding hydrogens is 410 g/mol. The van der Waals surface area contributed by atoms with Gasteiger partial charge in [0, 0.05) is 29.8 Å². The number of benzene rings is 3. The van der Waals surface area contributed by atoms with Crippen LogP contribution in [0.2, 0.25) is 0 Å². The molecule has 1 amide bonds. The van der Waals surface area contributed by atoms with Crippen LogP contribution in [-0.4, -0.2) is 48.0 Å². The second-order valence-electron chi connectivity index (χ2n) is 7.70. The first-order valence-corrected chi connectivity index (χ1v) is 10.2. The van der Waals surface area contributed by atoms with Crippen LogP contribution in [0.3, 0.4) is 0 Å². The van der Waals surface area contributed by atoms with Crippen molar-refractivity contribution in [1.29, 1.82) is 0 Å². The van der Waals surface area contributed by atoms with E-state index >= 15 is 0 Å². The maximum absolute atomic E-state index is 13.5. The van der Waals surface area contributed by atoms with Crippen LogP contribution in [0.5, 0.6) is 0 Å². The van der Waals surface area contributed by atoms with E-state index in [2.05, 4.69) is 5.32 Å². The number of nitrogens with one attached hydrogen (secondary N) is 1. The van der Waals surface area contributed by atoms with Gasteiger partial charge >= 0.3 is 0 Å². The molecule has 32 heavy (non-hydrogen) atoms. The number of halogens is 2. The van der Waals surface area contributed by atoms with Crippen molar-refractivity contribution in [3.8, 4) is 22.5 Å². The van der Waals surface area contributed by atoms with Gasteiger partial charge in [-0.3, -0.25) is 4.79 Å². The van der Waals surface area contributed by atoms with Crippen molar-refractivity contribution in [3.63, 3.8) is 0 Å². The highest BCUT2D eigenvalue weighted by atomic mass is 19.1. The first-order valence-electron chi connectivity index (χ1n) is 10.2. The molecule has 0 fully saturated rings. The summed E-state index contributed by atoms with van der Waals surface area (Å²) in [7, 11) is 3.88. The van der Waals surface area contributed by atoms with Crippen molar-refractivity contribution in [2.75, 3.05) is 27.2 Å². The highest BCUT2D eigenvalue weighted by Crippen LogP contribution is 2.31. The minimum Gasteiger partial charge on any atom is -0.351 e. The zero-order valence-electron chi connectivity index (χ0n) is 17.8. The molecule has 0 saturated carbocycles. The molecule has 0 spiro atoms. The Kier molecular flexibility index (Phi) is 6.18. The minimum atomic E-state index is -0.359. The van der Waals surface area contributed by atoms with E-state index in [1.165, 1.54) is 24.3 Å². The average Bonchev–Trinajstić information content (AvgIpc) is 2.78. The van der Waals surface area contributed by atoms with Crippen LogP contribution in [0.1, 0.15) is 10.4 Å². The number of aromatic nitrogens is 2. The quantitative estimate of drug-likeness (QED) is 0.486. The third-order valence-electron chi connectivity index (χ3n) is 5.01. The standard InChI is InChI=1S/C25H22F2N4O/c1-31(2)14-13-28-25(32)18-7-12-21-22(15-18)30-24(17-5-10-20(27)11-6-17)23(29-21)16-3-8-19(26)9-4-16/h3-12,15H,13-14H2,1-2H3,(H,28,32). The van der Waals surface area contributed by atoms with Crippen molar-refractivity contribution in [2.45, 2.75) is 0 Å². The Morgan fingerprint density at radius 2 is 1.34 bits per heavy atom. The molecule has 0 saturated heterocycles. The molecule has 162 valence electrons. The molecule has 1 N–H and O–H groups in total. The van der Waals surface area contributed by atoms with Gasteiger partial charge in [0.15, 0.2) is 0 Å². The molecule has 7 heteroatoms. The van der Waals surface area contributed by atoms with Crippen LogP contribution < -0.4 is 5.32 Å². The first kappa shape index (κ1) is 21.5. The van der Waals surface area contributed by atoms with Gasteiger partial charge in [0.1, 0.15) is 11.6 Å². The molecule has 5 nitrogen and oxygen atoms in total. The van der Waals surface area contributed by atoms with Crippen LogP contribution in [-0.2, 0) is 0 Å². The highest BCUT2D eigenvalue weighted by molar-refractivity contribution is 5.98. The fraction of sp³-hybridized carbons (Fsp3) is 0.160. The van der Waals surface area contributed by atoms with Gasteiger partial charge in [-0.1, -0.05) is 0 Å². The van der Waals surface area contributed by atoms with Crippen molar-refractivity contribution in [2.24, 2.45) is 0 Å². The molecule has 4 rings (SSSR count). The van der Waals surface area contributed by atoms with Gasteiger partial charge in [-0.2, -0.15) is 0 Å². The largest absolute Gasteiger partial charge is 0.351 e. The van der Waals surface area contributed by atoms with Gasteiger partial charge in [0.25, 0.3) is 5.91 Å². The predicted molar refractivity (Wildman–Crippen MR) is 121 cm³/mol. The zero-order chi connectivity index (χ0) is 22.7. The summed E-state index contributed by atoms with van der Waals surface area (Å²) >= 11 is 0. The first-order chi connectivity index (χ1) is 15.4. The molecule has 0 aliphatic carbocycles. The Bertz CT molecular complexity index is 1260. The van der Waals surface area contributed by atoms with Crippen molar-refractivity contribution in [1.82, 2.24) is 20.2 Å². The summed E-state index contributed by atoms with van der Waals surface area (Å²) in [5.41, 5.74) is 4.04. The number of likely N-dealkylation sites (N-methyl/N-ethyl adjacent to an activating group) is 1. The van der Waals surface area contributed by atoms with E-state index in [9.17, 15) is 13.6 Å². The Morgan fingerprint density at radius 1 is 0.812 bits per heavy atom. The lowest BCUT2D eigenvalue weighted by atomic mass is 10.0. The van der Waals surface area contributed by atoms with Crippen LogP contribution >= 0.6 is 0 Å². The van der Waals surface area contributed by atoms with E-state index in [1.54, 1.807) is 42.5 Å². The van der Waals surface area contributed by atoms with E-state index in [0.717, 1.165) is 6.54 Å². The third kappa shape index (κ3) is 4.78. The number of nitrogens with zero attached hydrogens (tertiary/aromatic N) is 3. The molecule has 1 heterocycles. The topological polar surface area (TPSA) is 58.1 Å². The molecule has 0 aliphatic rings. The maximum atomic E-state index is 13.5. The molecule has 0 atom stereocenters. The summed E-state index contributed by atoms with van der Waals surface area (Å²) in [5, 5.41) is 2.88. The van der Waals surface area contributed by atoms with E-state index in [4.69, 9.17) is 9.97 Å². The van der Waals surface area contributed by atoms with Crippen LogP contribution in [0.25, 0.3) is 33.5 Å². The smallest absolute Gasteiger partial charge is 0.251 e. The van der Waals surface area contributed by atoms with Gasteiger partial charge in [-0.15, -0.1) is 0 Å². The number of rotatable bonds is 6. The van der Waals surface area contributed by atoms with E-state index in [1.807, 2.05) is 19.0 Å². The summed E-state index contributed by atoms with van der Waals surface area (Å²) in [6, 6.07) is 17.1. The molecule has 3 aromatic carbocycles.